The van der Waals surface area contributed by atoms with Crippen LogP contribution < -0.4 is 0 Å². The van der Waals surface area contributed by atoms with Crippen molar-refractivity contribution in [3.63, 3.8) is 0 Å². The Kier molecular flexibility index (Phi) is 4.81. The summed E-state index contributed by atoms with van der Waals surface area (Å²) in [4.78, 5) is 2.23. The molecule has 0 amide bonds. The summed E-state index contributed by atoms with van der Waals surface area (Å²) in [6.45, 7) is 4.34. The molecule has 1 aliphatic heterocycles. The average molecular weight is 203 g/mol. The normalized spacial score (nSPS) is 33.9. The first-order chi connectivity index (χ1) is 6.74. The van der Waals surface area contributed by atoms with E-state index < -0.39 is 0 Å². The SMILES string of the molecule is CCO[C@@H]1[C@@H](COC)N(C)C[C@H]1OC. The van der Waals surface area contributed by atoms with Crippen molar-refractivity contribution in [2.75, 3.05) is 41.0 Å². The van der Waals surface area contributed by atoms with Gasteiger partial charge in [0.1, 0.15) is 6.10 Å². The van der Waals surface area contributed by atoms with Gasteiger partial charge in [0.25, 0.3) is 0 Å². The van der Waals surface area contributed by atoms with Gasteiger partial charge in [0.15, 0.2) is 0 Å². The maximum Gasteiger partial charge on any atom is 0.103 e. The highest BCUT2D eigenvalue weighted by atomic mass is 16.5. The number of ether oxygens (including phenoxy) is 3. The maximum atomic E-state index is 5.70. The third-order valence-electron chi connectivity index (χ3n) is 2.78. The number of likely N-dealkylation sites (N-methyl/N-ethyl adjacent to an activating group) is 1. The highest BCUT2D eigenvalue weighted by Gasteiger charge is 2.40. The Morgan fingerprint density at radius 2 is 2.07 bits per heavy atom. The van der Waals surface area contributed by atoms with Gasteiger partial charge in [-0.05, 0) is 14.0 Å². The van der Waals surface area contributed by atoms with Crippen molar-refractivity contribution in [2.45, 2.75) is 25.2 Å². The fourth-order valence-electron chi connectivity index (χ4n) is 2.03. The highest BCUT2D eigenvalue weighted by molar-refractivity contribution is 4.93. The molecular formula is C10H21NO3. The molecule has 0 saturated carbocycles. The predicted octanol–water partition coefficient (Wildman–Crippen LogP) is 0.367. The van der Waals surface area contributed by atoms with Gasteiger partial charge in [-0.15, -0.1) is 0 Å². The van der Waals surface area contributed by atoms with Crippen molar-refractivity contribution in [3.05, 3.63) is 0 Å². The summed E-state index contributed by atoms with van der Waals surface area (Å²) < 4.78 is 16.3. The zero-order chi connectivity index (χ0) is 10.6. The molecule has 0 bridgehead atoms. The van der Waals surface area contributed by atoms with Crippen LogP contribution >= 0.6 is 0 Å². The third-order valence-corrected chi connectivity index (χ3v) is 2.78. The molecule has 0 aromatic rings. The van der Waals surface area contributed by atoms with Gasteiger partial charge >= 0.3 is 0 Å². The van der Waals surface area contributed by atoms with E-state index in [4.69, 9.17) is 14.2 Å². The molecule has 1 fully saturated rings. The molecule has 0 spiro atoms. The van der Waals surface area contributed by atoms with Gasteiger partial charge in [0.2, 0.25) is 0 Å². The first-order valence-corrected chi connectivity index (χ1v) is 5.08. The Labute approximate surface area is 86.1 Å². The van der Waals surface area contributed by atoms with Gasteiger partial charge in [0.05, 0.1) is 18.8 Å². The minimum absolute atomic E-state index is 0.134. The van der Waals surface area contributed by atoms with Crippen LogP contribution in [0.15, 0.2) is 0 Å². The molecule has 0 aromatic carbocycles. The first-order valence-electron chi connectivity index (χ1n) is 5.08. The molecule has 4 nitrogen and oxygen atoms in total. The van der Waals surface area contributed by atoms with E-state index in [1.165, 1.54) is 0 Å². The molecule has 0 aromatic heterocycles. The minimum atomic E-state index is 0.134. The van der Waals surface area contributed by atoms with E-state index in [1.54, 1.807) is 14.2 Å². The fraction of sp³-hybridized carbons (Fsp3) is 1.00. The topological polar surface area (TPSA) is 30.9 Å². The summed E-state index contributed by atoms with van der Waals surface area (Å²) in [6.07, 6.45) is 0.301. The van der Waals surface area contributed by atoms with Crippen LogP contribution in [0.2, 0.25) is 0 Å². The highest BCUT2D eigenvalue weighted by Crippen LogP contribution is 2.22. The van der Waals surface area contributed by atoms with Crippen LogP contribution in [-0.2, 0) is 14.2 Å². The van der Waals surface area contributed by atoms with Gasteiger partial charge < -0.3 is 14.2 Å². The Morgan fingerprint density at radius 3 is 2.57 bits per heavy atom. The second-order valence-corrected chi connectivity index (χ2v) is 3.66. The van der Waals surface area contributed by atoms with Crippen LogP contribution in [-0.4, -0.2) is 64.2 Å². The van der Waals surface area contributed by atoms with E-state index in [9.17, 15) is 0 Å². The van der Waals surface area contributed by atoms with Crippen molar-refractivity contribution >= 4 is 0 Å². The summed E-state index contributed by atoms with van der Waals surface area (Å²) in [7, 11) is 5.53. The summed E-state index contributed by atoms with van der Waals surface area (Å²) in [5, 5.41) is 0. The average Bonchev–Trinajstić information content (AvgIpc) is 2.47. The van der Waals surface area contributed by atoms with E-state index in [-0.39, 0.29) is 12.2 Å². The Bertz CT molecular complexity index is 165. The molecule has 0 aliphatic carbocycles. The van der Waals surface area contributed by atoms with Crippen LogP contribution in [0.25, 0.3) is 0 Å². The zero-order valence-electron chi connectivity index (χ0n) is 9.53. The summed E-state index contributed by atoms with van der Waals surface area (Å²) in [5.74, 6) is 0. The molecule has 0 N–H and O–H groups in total. The summed E-state index contributed by atoms with van der Waals surface area (Å²) in [6, 6.07) is 0.310. The largest absolute Gasteiger partial charge is 0.383 e. The fourth-order valence-corrected chi connectivity index (χ4v) is 2.03. The van der Waals surface area contributed by atoms with Gasteiger partial charge in [-0.25, -0.2) is 0 Å². The van der Waals surface area contributed by atoms with Crippen molar-refractivity contribution < 1.29 is 14.2 Å². The van der Waals surface area contributed by atoms with Crippen molar-refractivity contribution in [1.29, 1.82) is 0 Å². The standard InChI is InChI=1S/C10H21NO3/c1-5-14-10-8(7-12-3)11(2)6-9(10)13-4/h8-10H,5-7H2,1-4H3/t8-,9-,10-/m1/s1. The lowest BCUT2D eigenvalue weighted by Gasteiger charge is -2.24. The molecule has 84 valence electrons. The van der Waals surface area contributed by atoms with Crippen LogP contribution in [0, 0.1) is 0 Å². The van der Waals surface area contributed by atoms with Crippen LogP contribution in [0.3, 0.4) is 0 Å². The molecule has 1 rings (SSSR count). The quantitative estimate of drug-likeness (QED) is 0.646. The first kappa shape index (κ1) is 11.9. The molecule has 14 heavy (non-hydrogen) atoms. The van der Waals surface area contributed by atoms with E-state index in [2.05, 4.69) is 11.9 Å². The van der Waals surface area contributed by atoms with Crippen LogP contribution in [0.5, 0.6) is 0 Å². The summed E-state index contributed by atoms with van der Waals surface area (Å²) >= 11 is 0. The summed E-state index contributed by atoms with van der Waals surface area (Å²) in [5.41, 5.74) is 0. The molecule has 0 unspecified atom stereocenters. The van der Waals surface area contributed by atoms with Crippen molar-refractivity contribution in [1.82, 2.24) is 4.90 Å². The number of methoxy groups -OCH3 is 2. The van der Waals surface area contributed by atoms with E-state index >= 15 is 0 Å². The smallest absolute Gasteiger partial charge is 0.103 e. The molecule has 1 saturated heterocycles. The molecule has 1 aliphatic rings. The van der Waals surface area contributed by atoms with Gasteiger partial charge in [-0.3, -0.25) is 4.90 Å². The molecule has 0 radical (unpaired) electrons. The zero-order valence-corrected chi connectivity index (χ0v) is 9.53. The van der Waals surface area contributed by atoms with Crippen LogP contribution in [0.1, 0.15) is 6.92 Å². The number of hydrogen-bond acceptors (Lipinski definition) is 4. The van der Waals surface area contributed by atoms with Gasteiger partial charge in [0, 0.05) is 27.4 Å². The minimum Gasteiger partial charge on any atom is -0.383 e. The predicted molar refractivity (Wildman–Crippen MR) is 54.5 cm³/mol. The maximum absolute atomic E-state index is 5.70. The molecule has 1 heterocycles. The second-order valence-electron chi connectivity index (χ2n) is 3.66. The lowest BCUT2D eigenvalue weighted by atomic mass is 10.1. The second kappa shape index (κ2) is 5.66. The lowest BCUT2D eigenvalue weighted by molar-refractivity contribution is -0.0488. The van der Waals surface area contributed by atoms with Crippen molar-refractivity contribution in [2.24, 2.45) is 0 Å². The molecule has 4 heteroatoms. The van der Waals surface area contributed by atoms with Crippen molar-refractivity contribution in [3.8, 4) is 0 Å². The number of hydrogen-bond donors (Lipinski definition) is 0. The Morgan fingerprint density at radius 1 is 1.36 bits per heavy atom. The Hall–Kier alpha value is -0.160. The van der Waals surface area contributed by atoms with Gasteiger partial charge in [-0.2, -0.15) is 0 Å². The van der Waals surface area contributed by atoms with E-state index in [0.717, 1.165) is 13.2 Å². The van der Waals surface area contributed by atoms with E-state index in [0.29, 0.717) is 12.6 Å². The number of likely N-dealkylation sites (tertiary alicyclic amines) is 1. The molecule has 3 atom stereocenters. The monoisotopic (exact) mass is 203 g/mol. The van der Waals surface area contributed by atoms with Gasteiger partial charge in [-0.1, -0.05) is 0 Å². The lowest BCUT2D eigenvalue weighted by Crippen LogP contribution is -2.40. The van der Waals surface area contributed by atoms with Crippen LogP contribution in [0.4, 0.5) is 0 Å². The number of nitrogens with zero attached hydrogens (tertiary/aromatic N) is 1. The number of rotatable bonds is 5. The Balaban J connectivity index is 2.59. The van der Waals surface area contributed by atoms with E-state index in [1.807, 2.05) is 6.92 Å². The third kappa shape index (κ3) is 2.45. The molecular weight excluding hydrogens is 182 g/mol.